The second-order valence-electron chi connectivity index (χ2n) is 8.90. The fraction of sp³-hybridized carbons (Fsp3) is 0.250. The molecule has 140 valence electrons. The minimum atomic E-state index is -1.54. The van der Waals surface area contributed by atoms with Crippen LogP contribution in [0, 0.1) is 13.8 Å². The summed E-state index contributed by atoms with van der Waals surface area (Å²) in [6.07, 6.45) is 0. The topological polar surface area (TPSA) is 26.0 Å². The summed E-state index contributed by atoms with van der Waals surface area (Å²) in [5, 5.41) is 3.78. The Kier molecular flexibility index (Phi) is 3.50. The number of aromatic nitrogens is 2. The van der Waals surface area contributed by atoms with E-state index in [0.717, 1.165) is 28.4 Å². The van der Waals surface area contributed by atoms with Crippen LogP contribution in [0.2, 0.25) is 19.6 Å². The molecule has 0 spiro atoms. The molecule has 0 fully saturated rings. The van der Waals surface area contributed by atoms with Crippen molar-refractivity contribution in [2.45, 2.75) is 33.5 Å². The van der Waals surface area contributed by atoms with E-state index >= 15 is 0 Å². The van der Waals surface area contributed by atoms with Crippen LogP contribution < -0.4 is 14.5 Å². The third-order valence-electron chi connectivity index (χ3n) is 6.03. The Morgan fingerprint density at radius 1 is 1.00 bits per heavy atom. The van der Waals surface area contributed by atoms with Crippen molar-refractivity contribution in [1.29, 1.82) is 0 Å². The van der Waals surface area contributed by atoms with Crippen molar-refractivity contribution in [3.05, 3.63) is 53.6 Å². The van der Waals surface area contributed by atoms with E-state index in [0.29, 0.717) is 0 Å². The molecule has 28 heavy (non-hydrogen) atoms. The second-order valence-corrected chi connectivity index (χ2v) is 13.9. The molecule has 0 aliphatic carbocycles. The number of fused-ring (bicyclic) bond motifs is 3. The van der Waals surface area contributed by atoms with Gasteiger partial charge < -0.3 is 4.74 Å². The molecular weight excluding hydrogens is 360 g/mol. The standard InChI is InChI=1S/C24H25N2OSi/c1-14-13-16-9-7-11-18-21(16)20(15(14)2)23-24(27-18)25-22-17(26(23)3)10-8-12-19(22)28(4,5)6/h7-13H,1-6H3/q+1. The van der Waals surface area contributed by atoms with Crippen LogP contribution in [0.25, 0.3) is 33.1 Å². The second kappa shape index (κ2) is 5.64. The molecule has 0 saturated heterocycles. The number of aryl methyl sites for hydroxylation is 2. The monoisotopic (exact) mass is 385 g/mol. The average molecular weight is 386 g/mol. The summed E-state index contributed by atoms with van der Waals surface area (Å²) in [6, 6.07) is 15.1. The zero-order valence-electron chi connectivity index (χ0n) is 17.3. The zero-order chi connectivity index (χ0) is 19.8. The highest BCUT2D eigenvalue weighted by Gasteiger charge is 2.34. The summed E-state index contributed by atoms with van der Waals surface area (Å²) in [6.45, 7) is 11.5. The minimum absolute atomic E-state index is 0.717. The maximum atomic E-state index is 6.38. The van der Waals surface area contributed by atoms with Gasteiger partial charge in [-0.1, -0.05) is 50.0 Å². The van der Waals surface area contributed by atoms with Crippen LogP contribution >= 0.6 is 0 Å². The van der Waals surface area contributed by atoms with Gasteiger partial charge in [-0.2, -0.15) is 4.57 Å². The van der Waals surface area contributed by atoms with Gasteiger partial charge in [-0.25, -0.2) is 4.98 Å². The molecule has 0 unspecified atom stereocenters. The lowest BCUT2D eigenvalue weighted by Crippen LogP contribution is -2.42. The summed E-state index contributed by atoms with van der Waals surface area (Å²) in [4.78, 5) is 5.09. The van der Waals surface area contributed by atoms with Crippen molar-refractivity contribution in [2.24, 2.45) is 7.05 Å². The number of para-hydroxylation sites is 1. The number of benzene rings is 3. The van der Waals surface area contributed by atoms with E-state index in [-0.39, 0.29) is 0 Å². The Morgan fingerprint density at radius 3 is 2.50 bits per heavy atom. The van der Waals surface area contributed by atoms with Crippen LogP contribution in [0.4, 0.5) is 0 Å². The summed E-state index contributed by atoms with van der Waals surface area (Å²) < 4.78 is 8.66. The molecule has 0 N–H and O–H groups in total. The number of hydrogen-bond acceptors (Lipinski definition) is 2. The maximum Gasteiger partial charge on any atom is 0.294 e. The molecule has 0 atom stereocenters. The lowest BCUT2D eigenvalue weighted by Gasteiger charge is -2.23. The molecule has 4 heteroatoms. The van der Waals surface area contributed by atoms with Gasteiger partial charge in [0.1, 0.15) is 18.3 Å². The van der Waals surface area contributed by atoms with Gasteiger partial charge in [0.2, 0.25) is 5.52 Å². The van der Waals surface area contributed by atoms with Crippen LogP contribution in [0.1, 0.15) is 11.1 Å². The average Bonchev–Trinajstić information content (AvgIpc) is 2.64. The molecule has 1 aromatic heterocycles. The first kappa shape index (κ1) is 17.4. The van der Waals surface area contributed by atoms with Gasteiger partial charge >= 0.3 is 0 Å². The van der Waals surface area contributed by atoms with Gasteiger partial charge in [-0.15, -0.1) is 0 Å². The number of hydrogen-bond donors (Lipinski definition) is 0. The molecule has 2 heterocycles. The quantitative estimate of drug-likeness (QED) is 0.295. The molecule has 0 bridgehead atoms. The summed E-state index contributed by atoms with van der Waals surface area (Å²) in [5.41, 5.74) is 7.15. The lowest BCUT2D eigenvalue weighted by atomic mass is 9.91. The Hall–Kier alpha value is -2.72. The first-order valence-corrected chi connectivity index (χ1v) is 13.3. The normalized spacial score (nSPS) is 12.9. The highest BCUT2D eigenvalue weighted by molar-refractivity contribution is 6.90. The third-order valence-corrected chi connectivity index (χ3v) is 8.05. The van der Waals surface area contributed by atoms with Crippen molar-refractivity contribution >= 4 is 35.1 Å². The zero-order valence-corrected chi connectivity index (χ0v) is 18.3. The molecule has 0 radical (unpaired) electrons. The molecule has 1 aliphatic heterocycles. The third kappa shape index (κ3) is 2.27. The van der Waals surface area contributed by atoms with Crippen LogP contribution in [0.3, 0.4) is 0 Å². The Labute approximate surface area is 166 Å². The highest BCUT2D eigenvalue weighted by atomic mass is 28.3. The number of nitrogens with zero attached hydrogens (tertiary/aromatic N) is 2. The van der Waals surface area contributed by atoms with E-state index in [1.54, 1.807) is 0 Å². The maximum absolute atomic E-state index is 6.38. The SMILES string of the molecule is Cc1cc2cccc3c2c(c1C)-c1c(nc2c([Si](C)(C)C)cccc2[n+]1C)O3. The summed E-state index contributed by atoms with van der Waals surface area (Å²) >= 11 is 0. The summed E-state index contributed by atoms with van der Waals surface area (Å²) in [5.74, 6) is 1.62. The van der Waals surface area contributed by atoms with Crippen molar-refractivity contribution < 1.29 is 9.30 Å². The first-order chi connectivity index (χ1) is 13.3. The number of rotatable bonds is 1. The molecule has 0 amide bonds. The van der Waals surface area contributed by atoms with Crippen molar-refractivity contribution in [1.82, 2.24) is 4.98 Å². The Bertz CT molecular complexity index is 1300. The van der Waals surface area contributed by atoms with Crippen molar-refractivity contribution in [3.8, 4) is 22.9 Å². The Balaban J connectivity index is 1.97. The fourth-order valence-corrected chi connectivity index (χ4v) is 5.93. The van der Waals surface area contributed by atoms with E-state index in [2.05, 4.69) is 87.6 Å². The molecule has 5 rings (SSSR count). The lowest BCUT2D eigenvalue weighted by molar-refractivity contribution is -0.634. The smallest absolute Gasteiger partial charge is 0.294 e. The van der Waals surface area contributed by atoms with Gasteiger partial charge in [0.15, 0.2) is 0 Å². The number of ether oxygens (including phenoxy) is 1. The van der Waals surface area contributed by atoms with E-state index < -0.39 is 8.07 Å². The van der Waals surface area contributed by atoms with Crippen molar-refractivity contribution in [2.75, 3.05) is 0 Å². The predicted molar refractivity (Wildman–Crippen MR) is 118 cm³/mol. The molecule has 3 nitrogen and oxygen atoms in total. The van der Waals surface area contributed by atoms with E-state index in [9.17, 15) is 0 Å². The van der Waals surface area contributed by atoms with Crippen molar-refractivity contribution in [3.63, 3.8) is 0 Å². The van der Waals surface area contributed by atoms with Gasteiger partial charge in [-0.05, 0) is 41.6 Å². The van der Waals surface area contributed by atoms with Gasteiger partial charge in [0, 0.05) is 11.5 Å². The fourth-order valence-electron chi connectivity index (χ4n) is 4.44. The van der Waals surface area contributed by atoms with Gasteiger partial charge in [-0.3, -0.25) is 0 Å². The van der Waals surface area contributed by atoms with Gasteiger partial charge in [0.25, 0.3) is 11.6 Å². The molecule has 1 aliphatic rings. The Morgan fingerprint density at radius 2 is 1.75 bits per heavy atom. The highest BCUT2D eigenvalue weighted by Crippen LogP contribution is 2.46. The predicted octanol–water partition coefficient (Wildman–Crippen LogP) is 5.15. The van der Waals surface area contributed by atoms with E-state index in [1.165, 1.54) is 32.6 Å². The van der Waals surface area contributed by atoms with Crippen LogP contribution in [0.15, 0.2) is 42.5 Å². The molecule has 4 aromatic rings. The van der Waals surface area contributed by atoms with Gasteiger partial charge in [0.05, 0.1) is 13.6 Å². The summed E-state index contributed by atoms with van der Waals surface area (Å²) in [7, 11) is 0.603. The van der Waals surface area contributed by atoms with Crippen LogP contribution in [0.5, 0.6) is 11.6 Å². The van der Waals surface area contributed by atoms with Crippen LogP contribution in [-0.4, -0.2) is 13.1 Å². The van der Waals surface area contributed by atoms with E-state index in [4.69, 9.17) is 9.72 Å². The molecule has 0 saturated carbocycles. The van der Waals surface area contributed by atoms with E-state index in [1.807, 2.05) is 0 Å². The molecule has 3 aromatic carbocycles. The molecular formula is C24H25N2OSi+. The largest absolute Gasteiger partial charge is 0.433 e. The first-order valence-electron chi connectivity index (χ1n) is 9.82. The minimum Gasteiger partial charge on any atom is -0.433 e. The van der Waals surface area contributed by atoms with Crippen LogP contribution in [-0.2, 0) is 7.05 Å².